The molecule has 18 heavy (non-hydrogen) atoms. The molecule has 2 rings (SSSR count). The van der Waals surface area contributed by atoms with Gasteiger partial charge >= 0.3 is 0 Å². The second-order valence-corrected chi connectivity index (χ2v) is 5.61. The van der Waals surface area contributed by atoms with Crippen molar-refractivity contribution in [2.24, 2.45) is 0 Å². The van der Waals surface area contributed by atoms with Gasteiger partial charge in [-0.1, -0.05) is 12.6 Å². The lowest BCUT2D eigenvalue weighted by Crippen LogP contribution is -2.17. The van der Waals surface area contributed by atoms with Crippen LogP contribution < -0.4 is 5.32 Å². The van der Waals surface area contributed by atoms with Crippen LogP contribution in [0.1, 0.15) is 47.6 Å². The first-order chi connectivity index (χ1) is 8.59. The Balaban J connectivity index is 2.25. The molecule has 0 spiro atoms. The first-order valence-corrected chi connectivity index (χ1v) is 7.10. The van der Waals surface area contributed by atoms with E-state index in [1.54, 1.807) is 16.7 Å². The number of rotatable bonds is 4. The molecule has 0 aromatic heterocycles. The van der Waals surface area contributed by atoms with E-state index in [1.165, 1.54) is 36.8 Å². The third-order valence-electron chi connectivity index (χ3n) is 4.02. The molecule has 0 radical (unpaired) electrons. The highest BCUT2D eigenvalue weighted by molar-refractivity contribution is 5.46. The van der Waals surface area contributed by atoms with Crippen molar-refractivity contribution in [1.82, 2.24) is 5.32 Å². The Hall–Kier alpha value is -1.24. The van der Waals surface area contributed by atoms with Crippen molar-refractivity contribution in [3.05, 3.63) is 46.2 Å². The number of benzene rings is 1. The fraction of sp³-hybridized carbons (Fsp3) is 0.529. The zero-order valence-electron chi connectivity index (χ0n) is 12.0. The summed E-state index contributed by atoms with van der Waals surface area (Å²) in [5.74, 6) is 0. The van der Waals surface area contributed by atoms with Crippen molar-refractivity contribution in [2.75, 3.05) is 6.54 Å². The summed E-state index contributed by atoms with van der Waals surface area (Å²) in [4.78, 5) is 0. The molecule has 1 nitrogen and oxygen atoms in total. The van der Waals surface area contributed by atoms with Crippen molar-refractivity contribution in [3.63, 3.8) is 0 Å². The molecule has 0 atom stereocenters. The van der Waals surface area contributed by atoms with Gasteiger partial charge in [0.2, 0.25) is 0 Å². The Morgan fingerprint density at radius 3 is 2.50 bits per heavy atom. The second kappa shape index (κ2) is 5.60. The number of hydrogen-bond donors (Lipinski definition) is 1. The van der Waals surface area contributed by atoms with Gasteiger partial charge in [0, 0.05) is 12.2 Å². The topological polar surface area (TPSA) is 12.0 Å². The fourth-order valence-corrected chi connectivity index (χ4v) is 3.16. The number of fused-ring (bicyclic) bond motifs is 1. The smallest absolute Gasteiger partial charge is 0.0184 e. The van der Waals surface area contributed by atoms with Crippen molar-refractivity contribution in [1.29, 1.82) is 0 Å². The molecular formula is C17H25N. The van der Waals surface area contributed by atoms with Crippen LogP contribution >= 0.6 is 0 Å². The van der Waals surface area contributed by atoms with Crippen molar-refractivity contribution in [2.45, 2.75) is 52.9 Å². The zero-order valence-corrected chi connectivity index (χ0v) is 12.0. The highest BCUT2D eigenvalue weighted by atomic mass is 14.9. The molecule has 1 aliphatic rings. The van der Waals surface area contributed by atoms with E-state index in [0.717, 1.165) is 18.7 Å². The third kappa shape index (κ3) is 2.77. The minimum absolute atomic E-state index is 1.01. The normalized spacial score (nSPS) is 14.2. The molecule has 0 saturated heterocycles. The van der Waals surface area contributed by atoms with Crippen LogP contribution in [0.3, 0.4) is 0 Å². The summed E-state index contributed by atoms with van der Waals surface area (Å²) in [6.07, 6.45) is 6.40. The van der Waals surface area contributed by atoms with Crippen LogP contribution in [0.15, 0.2) is 18.3 Å². The lowest BCUT2D eigenvalue weighted by Gasteiger charge is -2.24. The van der Waals surface area contributed by atoms with Gasteiger partial charge in [0.1, 0.15) is 0 Å². The van der Waals surface area contributed by atoms with Crippen LogP contribution in [0.25, 0.3) is 0 Å². The number of hydrogen-bond acceptors (Lipinski definition) is 1. The van der Waals surface area contributed by atoms with Crippen molar-refractivity contribution in [3.8, 4) is 0 Å². The van der Waals surface area contributed by atoms with Gasteiger partial charge in [-0.2, -0.15) is 0 Å². The maximum atomic E-state index is 3.90. The molecule has 1 aromatic rings. The molecule has 1 N–H and O–H groups in total. The Morgan fingerprint density at radius 1 is 1.17 bits per heavy atom. The van der Waals surface area contributed by atoms with E-state index in [0.29, 0.717) is 0 Å². The van der Waals surface area contributed by atoms with Gasteiger partial charge in [-0.05, 0) is 80.7 Å². The summed E-state index contributed by atoms with van der Waals surface area (Å²) in [7, 11) is 0. The monoisotopic (exact) mass is 243 g/mol. The predicted octanol–water partition coefficient (Wildman–Crippen LogP) is 3.85. The molecule has 1 heteroatoms. The van der Waals surface area contributed by atoms with Gasteiger partial charge in [0.25, 0.3) is 0 Å². The largest absolute Gasteiger partial charge is 0.389 e. The van der Waals surface area contributed by atoms with E-state index in [2.05, 4.69) is 31.8 Å². The van der Waals surface area contributed by atoms with Crippen LogP contribution in [-0.2, 0) is 19.3 Å². The van der Waals surface area contributed by atoms with E-state index >= 15 is 0 Å². The summed E-state index contributed by atoms with van der Waals surface area (Å²) < 4.78 is 0. The highest BCUT2D eigenvalue weighted by Crippen LogP contribution is 2.30. The van der Waals surface area contributed by atoms with Gasteiger partial charge in [0.05, 0.1) is 0 Å². The standard InChI is InChI=1S/C17H25N/c1-12(2)18-10-9-16-14(4)11-13(3)15-7-5-6-8-17(15)16/h11,18H,1,5-10H2,2-4H3. The van der Waals surface area contributed by atoms with Crippen molar-refractivity contribution >= 4 is 0 Å². The second-order valence-electron chi connectivity index (χ2n) is 5.61. The Labute approximate surface area is 111 Å². The summed E-state index contributed by atoms with van der Waals surface area (Å²) in [6.45, 7) is 11.5. The number of aryl methyl sites for hydroxylation is 2. The summed E-state index contributed by atoms with van der Waals surface area (Å²) in [6, 6.07) is 2.38. The molecule has 98 valence electrons. The quantitative estimate of drug-likeness (QED) is 0.847. The van der Waals surface area contributed by atoms with Crippen LogP contribution in [0.2, 0.25) is 0 Å². The van der Waals surface area contributed by atoms with Crippen molar-refractivity contribution < 1.29 is 0 Å². The van der Waals surface area contributed by atoms with E-state index in [1.807, 2.05) is 6.92 Å². The van der Waals surface area contributed by atoms with E-state index in [9.17, 15) is 0 Å². The van der Waals surface area contributed by atoms with Gasteiger partial charge < -0.3 is 5.32 Å². The highest BCUT2D eigenvalue weighted by Gasteiger charge is 2.17. The first-order valence-electron chi connectivity index (χ1n) is 7.10. The summed E-state index contributed by atoms with van der Waals surface area (Å²) in [5.41, 5.74) is 8.91. The molecule has 1 aliphatic carbocycles. The van der Waals surface area contributed by atoms with E-state index in [4.69, 9.17) is 0 Å². The molecule has 0 unspecified atom stereocenters. The average Bonchev–Trinajstić information content (AvgIpc) is 2.33. The first kappa shape index (κ1) is 13.2. The number of allylic oxidation sites excluding steroid dienone is 1. The maximum Gasteiger partial charge on any atom is 0.0184 e. The van der Waals surface area contributed by atoms with Crippen LogP contribution in [0.4, 0.5) is 0 Å². The van der Waals surface area contributed by atoms with Gasteiger partial charge in [-0.3, -0.25) is 0 Å². The molecule has 0 heterocycles. The molecule has 0 fully saturated rings. The van der Waals surface area contributed by atoms with Crippen LogP contribution in [0, 0.1) is 13.8 Å². The molecule has 0 amide bonds. The Bertz CT molecular complexity index is 457. The maximum absolute atomic E-state index is 3.90. The molecule has 1 aromatic carbocycles. The fourth-order valence-electron chi connectivity index (χ4n) is 3.16. The lowest BCUT2D eigenvalue weighted by atomic mass is 9.82. The number of nitrogens with one attached hydrogen (secondary N) is 1. The van der Waals surface area contributed by atoms with Gasteiger partial charge in [0.15, 0.2) is 0 Å². The minimum Gasteiger partial charge on any atom is -0.389 e. The lowest BCUT2D eigenvalue weighted by molar-refractivity contribution is 0.668. The SMILES string of the molecule is C=C(C)NCCc1c(C)cc(C)c2c1CCCC2. The predicted molar refractivity (Wildman–Crippen MR) is 79.1 cm³/mol. The summed E-state index contributed by atoms with van der Waals surface area (Å²) in [5, 5.41) is 3.35. The molecule has 0 saturated carbocycles. The minimum atomic E-state index is 1.01. The van der Waals surface area contributed by atoms with Crippen LogP contribution in [0.5, 0.6) is 0 Å². The Kier molecular flexibility index (Phi) is 4.11. The molecule has 0 aliphatic heterocycles. The van der Waals surface area contributed by atoms with Gasteiger partial charge in [-0.15, -0.1) is 0 Å². The average molecular weight is 243 g/mol. The Morgan fingerprint density at radius 2 is 1.83 bits per heavy atom. The van der Waals surface area contributed by atoms with E-state index < -0.39 is 0 Å². The molecule has 0 bridgehead atoms. The zero-order chi connectivity index (χ0) is 13.1. The molecular weight excluding hydrogens is 218 g/mol. The van der Waals surface area contributed by atoms with Crippen LogP contribution in [-0.4, -0.2) is 6.54 Å². The third-order valence-corrected chi connectivity index (χ3v) is 4.02. The summed E-state index contributed by atoms with van der Waals surface area (Å²) >= 11 is 0. The van der Waals surface area contributed by atoms with E-state index in [-0.39, 0.29) is 0 Å². The van der Waals surface area contributed by atoms with Gasteiger partial charge in [-0.25, -0.2) is 0 Å².